The highest BCUT2D eigenvalue weighted by Crippen LogP contribution is 2.32. The molecule has 7 heteroatoms. The zero-order valence-corrected chi connectivity index (χ0v) is 16.6. The molecule has 3 aromatic rings. The van der Waals surface area contributed by atoms with Gasteiger partial charge in [-0.25, -0.2) is 0 Å². The molecule has 0 saturated carbocycles. The second-order valence-electron chi connectivity index (χ2n) is 7.22. The fourth-order valence-corrected chi connectivity index (χ4v) is 3.43. The van der Waals surface area contributed by atoms with Gasteiger partial charge in [-0.3, -0.25) is 14.9 Å². The van der Waals surface area contributed by atoms with Crippen LogP contribution in [0.1, 0.15) is 41.4 Å². The molecular formula is C22H23N3O4. The molecule has 1 aromatic heterocycles. The number of nitrogens with zero attached hydrogens (tertiary/aromatic N) is 2. The van der Waals surface area contributed by atoms with Gasteiger partial charge in [0.15, 0.2) is 0 Å². The third-order valence-electron chi connectivity index (χ3n) is 4.97. The molecule has 3 rings (SSSR count). The second kappa shape index (κ2) is 7.79. The maximum Gasteiger partial charge on any atom is 0.272 e. The molecule has 2 N–H and O–H groups in total. The molecule has 0 saturated heterocycles. The number of phenolic OH excluding ortho intramolecular Hbond substituents is 1. The monoisotopic (exact) mass is 393 g/mol. The Morgan fingerprint density at radius 3 is 2.66 bits per heavy atom. The number of rotatable bonds is 6. The van der Waals surface area contributed by atoms with E-state index in [4.69, 9.17) is 0 Å². The third-order valence-corrected chi connectivity index (χ3v) is 4.97. The van der Waals surface area contributed by atoms with Gasteiger partial charge in [-0.2, -0.15) is 0 Å². The number of benzene rings is 2. The smallest absolute Gasteiger partial charge is 0.272 e. The van der Waals surface area contributed by atoms with E-state index in [2.05, 4.69) is 31.8 Å². The number of amides is 1. The summed E-state index contributed by atoms with van der Waals surface area (Å²) in [7, 11) is 0. The molecule has 7 nitrogen and oxygen atoms in total. The SMILES string of the molecule is C=CCn1c(C(=O)Nc2cc([N+](=O)[O-])ccc2O)c(C)c2cc(C(C)C)ccc21. The molecule has 2 aromatic carbocycles. The summed E-state index contributed by atoms with van der Waals surface area (Å²) < 4.78 is 1.85. The highest BCUT2D eigenvalue weighted by molar-refractivity contribution is 6.09. The van der Waals surface area contributed by atoms with E-state index in [0.717, 1.165) is 22.5 Å². The summed E-state index contributed by atoms with van der Waals surface area (Å²) >= 11 is 0. The lowest BCUT2D eigenvalue weighted by Crippen LogP contribution is -2.18. The van der Waals surface area contributed by atoms with Crippen molar-refractivity contribution in [3.8, 4) is 5.75 Å². The Kier molecular flexibility index (Phi) is 5.41. The van der Waals surface area contributed by atoms with Crippen LogP contribution >= 0.6 is 0 Å². The van der Waals surface area contributed by atoms with Gasteiger partial charge >= 0.3 is 0 Å². The molecule has 1 heterocycles. The van der Waals surface area contributed by atoms with Gasteiger partial charge in [-0.15, -0.1) is 6.58 Å². The average Bonchev–Trinajstić information content (AvgIpc) is 2.95. The average molecular weight is 393 g/mol. The van der Waals surface area contributed by atoms with Crippen LogP contribution < -0.4 is 5.32 Å². The largest absolute Gasteiger partial charge is 0.506 e. The molecule has 1 amide bonds. The number of carbonyl (C=O) groups is 1. The molecule has 29 heavy (non-hydrogen) atoms. The first-order valence-electron chi connectivity index (χ1n) is 9.27. The van der Waals surface area contributed by atoms with E-state index in [-0.39, 0.29) is 17.1 Å². The van der Waals surface area contributed by atoms with E-state index in [0.29, 0.717) is 18.2 Å². The standard InChI is InChI=1S/C22H23N3O4/c1-5-10-24-19-8-6-15(13(2)3)11-17(19)14(4)21(24)22(27)23-18-12-16(25(28)29)7-9-20(18)26/h5-9,11-13,26H,1,10H2,2-4H3,(H,23,27). The summed E-state index contributed by atoms with van der Waals surface area (Å²) in [5.74, 6) is -0.349. The predicted molar refractivity (Wildman–Crippen MR) is 114 cm³/mol. The van der Waals surface area contributed by atoms with Gasteiger partial charge in [0.1, 0.15) is 11.4 Å². The summed E-state index contributed by atoms with van der Waals surface area (Å²) in [6.07, 6.45) is 1.71. The van der Waals surface area contributed by atoms with Crippen molar-refractivity contribution >= 4 is 28.2 Å². The number of nitrogens with one attached hydrogen (secondary N) is 1. The maximum atomic E-state index is 13.1. The highest BCUT2D eigenvalue weighted by Gasteiger charge is 2.22. The number of hydrogen-bond donors (Lipinski definition) is 2. The van der Waals surface area contributed by atoms with Crippen LogP contribution in [-0.2, 0) is 6.54 Å². The number of aromatic nitrogens is 1. The number of phenols is 1. The second-order valence-corrected chi connectivity index (χ2v) is 7.22. The first-order valence-corrected chi connectivity index (χ1v) is 9.27. The van der Waals surface area contributed by atoms with Crippen molar-refractivity contribution < 1.29 is 14.8 Å². The number of carbonyl (C=O) groups excluding carboxylic acids is 1. The lowest BCUT2D eigenvalue weighted by atomic mass is 10.0. The maximum absolute atomic E-state index is 13.1. The Balaban J connectivity index is 2.11. The molecule has 0 bridgehead atoms. The number of aromatic hydroxyl groups is 1. The van der Waals surface area contributed by atoms with Gasteiger partial charge in [0.05, 0.1) is 10.6 Å². The van der Waals surface area contributed by atoms with Gasteiger partial charge in [0, 0.05) is 29.6 Å². The van der Waals surface area contributed by atoms with Crippen LogP contribution in [0.5, 0.6) is 5.75 Å². The molecular weight excluding hydrogens is 370 g/mol. The predicted octanol–water partition coefficient (Wildman–Crippen LogP) is 5.13. The number of anilines is 1. The van der Waals surface area contributed by atoms with Crippen LogP contribution in [0.4, 0.5) is 11.4 Å². The minimum Gasteiger partial charge on any atom is -0.506 e. The zero-order chi connectivity index (χ0) is 21.3. The van der Waals surface area contributed by atoms with Crippen molar-refractivity contribution in [1.82, 2.24) is 4.57 Å². The van der Waals surface area contributed by atoms with Gasteiger partial charge in [0.2, 0.25) is 0 Å². The molecule has 0 aliphatic rings. The topological polar surface area (TPSA) is 97.4 Å². The van der Waals surface area contributed by atoms with E-state index in [1.54, 1.807) is 6.08 Å². The Labute approximate surface area is 168 Å². The molecule has 0 unspecified atom stereocenters. The quantitative estimate of drug-likeness (QED) is 0.263. The van der Waals surface area contributed by atoms with Gasteiger partial charge < -0.3 is 15.0 Å². The molecule has 0 fully saturated rings. The molecule has 0 aliphatic heterocycles. The number of non-ortho nitro benzene ring substituents is 1. The lowest BCUT2D eigenvalue weighted by molar-refractivity contribution is -0.384. The van der Waals surface area contributed by atoms with Crippen molar-refractivity contribution in [3.05, 3.63) is 76.0 Å². The van der Waals surface area contributed by atoms with E-state index >= 15 is 0 Å². The van der Waals surface area contributed by atoms with Gasteiger partial charge in [-0.1, -0.05) is 26.0 Å². The first-order chi connectivity index (χ1) is 13.7. The highest BCUT2D eigenvalue weighted by atomic mass is 16.6. The first kappa shape index (κ1) is 20.1. The van der Waals surface area contributed by atoms with E-state index in [1.807, 2.05) is 23.6 Å². The number of allylic oxidation sites excluding steroid dienone is 1. The molecule has 150 valence electrons. The summed E-state index contributed by atoms with van der Waals surface area (Å²) in [6, 6.07) is 9.62. The van der Waals surface area contributed by atoms with Crippen molar-refractivity contribution in [3.63, 3.8) is 0 Å². The van der Waals surface area contributed by atoms with Crippen molar-refractivity contribution in [1.29, 1.82) is 0 Å². The van der Waals surface area contributed by atoms with Crippen LogP contribution in [0.15, 0.2) is 49.1 Å². The number of nitro benzene ring substituents is 1. The molecule has 0 atom stereocenters. The van der Waals surface area contributed by atoms with Gasteiger partial charge in [-0.05, 0) is 42.2 Å². The van der Waals surface area contributed by atoms with E-state index < -0.39 is 10.8 Å². The summed E-state index contributed by atoms with van der Waals surface area (Å²) in [6.45, 7) is 10.3. The van der Waals surface area contributed by atoms with Crippen molar-refractivity contribution in [2.24, 2.45) is 0 Å². The third kappa shape index (κ3) is 3.71. The van der Waals surface area contributed by atoms with Crippen molar-refractivity contribution in [2.75, 3.05) is 5.32 Å². The number of fused-ring (bicyclic) bond motifs is 1. The molecule has 0 radical (unpaired) electrons. The van der Waals surface area contributed by atoms with Crippen LogP contribution in [0, 0.1) is 17.0 Å². The number of aryl methyl sites for hydroxylation is 1. The Morgan fingerprint density at radius 1 is 1.31 bits per heavy atom. The lowest BCUT2D eigenvalue weighted by Gasteiger charge is -2.11. The summed E-state index contributed by atoms with van der Waals surface area (Å²) in [5.41, 5.74) is 3.06. The number of nitro groups is 1. The summed E-state index contributed by atoms with van der Waals surface area (Å²) in [4.78, 5) is 23.5. The zero-order valence-electron chi connectivity index (χ0n) is 16.6. The summed E-state index contributed by atoms with van der Waals surface area (Å²) in [5, 5.41) is 24.6. The number of hydrogen-bond acceptors (Lipinski definition) is 4. The van der Waals surface area contributed by atoms with E-state index in [1.165, 1.54) is 17.7 Å². The molecule has 0 aliphatic carbocycles. The van der Waals surface area contributed by atoms with Crippen LogP contribution in [-0.4, -0.2) is 20.5 Å². The van der Waals surface area contributed by atoms with Crippen LogP contribution in [0.3, 0.4) is 0 Å². The Morgan fingerprint density at radius 2 is 2.03 bits per heavy atom. The normalized spacial score (nSPS) is 11.0. The fraction of sp³-hybridized carbons (Fsp3) is 0.227. The van der Waals surface area contributed by atoms with Gasteiger partial charge in [0.25, 0.3) is 11.6 Å². The fourth-order valence-electron chi connectivity index (χ4n) is 3.43. The van der Waals surface area contributed by atoms with Crippen LogP contribution in [0.25, 0.3) is 10.9 Å². The van der Waals surface area contributed by atoms with E-state index in [9.17, 15) is 20.0 Å². The molecule has 0 spiro atoms. The Bertz CT molecular complexity index is 1130. The van der Waals surface area contributed by atoms with Crippen molar-refractivity contribution in [2.45, 2.75) is 33.2 Å². The van der Waals surface area contributed by atoms with Crippen LogP contribution in [0.2, 0.25) is 0 Å². The Hall–Kier alpha value is -3.61. The minimum absolute atomic E-state index is 0.0121. The minimum atomic E-state index is -0.581.